The van der Waals surface area contributed by atoms with Crippen molar-refractivity contribution in [3.8, 4) is 17.1 Å². The monoisotopic (exact) mass is 278 g/mol. The molecule has 0 unspecified atom stereocenters. The van der Waals surface area contributed by atoms with Gasteiger partial charge in [-0.05, 0) is 50.1 Å². The van der Waals surface area contributed by atoms with Crippen LogP contribution in [0.5, 0.6) is 5.88 Å². The van der Waals surface area contributed by atoms with Gasteiger partial charge < -0.3 is 4.74 Å². The lowest BCUT2D eigenvalue weighted by atomic mass is 10.0. The number of aromatic nitrogens is 2. The highest BCUT2D eigenvalue weighted by Crippen LogP contribution is 2.31. The van der Waals surface area contributed by atoms with E-state index in [1.165, 1.54) is 11.1 Å². The van der Waals surface area contributed by atoms with Crippen LogP contribution >= 0.6 is 0 Å². The summed E-state index contributed by atoms with van der Waals surface area (Å²) in [5, 5.41) is 1.09. The summed E-state index contributed by atoms with van der Waals surface area (Å²) in [6, 6.07) is 12.2. The maximum absolute atomic E-state index is 5.47. The number of benzene rings is 1. The van der Waals surface area contributed by atoms with E-state index >= 15 is 0 Å². The van der Waals surface area contributed by atoms with Crippen LogP contribution in [0.4, 0.5) is 0 Å². The van der Waals surface area contributed by atoms with Gasteiger partial charge in [0.05, 0.1) is 23.9 Å². The number of hydrogen-bond acceptors (Lipinski definition) is 3. The molecule has 3 heteroatoms. The molecule has 0 aliphatic heterocycles. The van der Waals surface area contributed by atoms with Crippen LogP contribution in [0, 0.1) is 20.8 Å². The van der Waals surface area contributed by atoms with Crippen LogP contribution in [0.15, 0.2) is 36.4 Å². The first-order chi connectivity index (χ1) is 10.1. The molecule has 0 amide bonds. The highest BCUT2D eigenvalue weighted by molar-refractivity contribution is 5.85. The molecule has 21 heavy (non-hydrogen) atoms. The average molecular weight is 278 g/mol. The van der Waals surface area contributed by atoms with Crippen LogP contribution in [-0.4, -0.2) is 17.1 Å². The van der Waals surface area contributed by atoms with E-state index in [-0.39, 0.29) is 0 Å². The summed E-state index contributed by atoms with van der Waals surface area (Å²) in [5.74, 6) is 0.615. The number of aryl methyl sites for hydroxylation is 2. The lowest BCUT2D eigenvalue weighted by Crippen LogP contribution is -1.98. The molecule has 0 spiro atoms. The fraction of sp³-hybridized carbons (Fsp3) is 0.222. The van der Waals surface area contributed by atoms with Gasteiger partial charge in [0.25, 0.3) is 0 Å². The van der Waals surface area contributed by atoms with Gasteiger partial charge >= 0.3 is 0 Å². The number of methoxy groups -OCH3 is 1. The Labute approximate surface area is 124 Å². The molecule has 3 rings (SSSR count). The van der Waals surface area contributed by atoms with Crippen molar-refractivity contribution in [3.05, 3.63) is 53.2 Å². The smallest absolute Gasteiger partial charge is 0.223 e. The third-order valence-electron chi connectivity index (χ3n) is 3.93. The van der Waals surface area contributed by atoms with E-state index in [2.05, 4.69) is 37.0 Å². The van der Waals surface area contributed by atoms with E-state index < -0.39 is 0 Å². The van der Waals surface area contributed by atoms with Gasteiger partial charge in [-0.2, -0.15) is 0 Å². The first kappa shape index (κ1) is 13.6. The second-order valence-electron chi connectivity index (χ2n) is 5.27. The fourth-order valence-corrected chi connectivity index (χ4v) is 2.47. The summed E-state index contributed by atoms with van der Waals surface area (Å²) >= 11 is 0. The highest BCUT2D eigenvalue weighted by atomic mass is 16.5. The van der Waals surface area contributed by atoms with E-state index in [1.807, 2.05) is 25.1 Å². The molecule has 106 valence electrons. The Hall–Kier alpha value is -2.42. The Balaban J connectivity index is 2.28. The van der Waals surface area contributed by atoms with Crippen molar-refractivity contribution in [1.29, 1.82) is 0 Å². The predicted octanol–water partition coefficient (Wildman–Crippen LogP) is 4.23. The molecule has 0 N–H and O–H groups in total. The van der Waals surface area contributed by atoms with Gasteiger partial charge in [-0.1, -0.05) is 18.2 Å². The van der Waals surface area contributed by atoms with E-state index in [0.29, 0.717) is 5.88 Å². The molecule has 1 aromatic carbocycles. The van der Waals surface area contributed by atoms with Gasteiger partial charge in [-0.15, -0.1) is 0 Å². The second kappa shape index (κ2) is 5.17. The number of ether oxygens (including phenoxy) is 1. The third kappa shape index (κ3) is 2.35. The van der Waals surface area contributed by atoms with Crippen molar-refractivity contribution in [2.75, 3.05) is 7.11 Å². The quantitative estimate of drug-likeness (QED) is 0.703. The number of nitrogens with zero attached hydrogens (tertiary/aromatic N) is 2. The molecule has 0 saturated carbocycles. The van der Waals surface area contributed by atoms with Gasteiger partial charge in [0, 0.05) is 11.1 Å². The largest absolute Gasteiger partial charge is 0.480 e. The van der Waals surface area contributed by atoms with Gasteiger partial charge in [-0.25, -0.2) is 4.98 Å². The van der Waals surface area contributed by atoms with Crippen LogP contribution in [-0.2, 0) is 0 Å². The molecular weight excluding hydrogens is 260 g/mol. The molecule has 0 saturated heterocycles. The molecule has 2 heterocycles. The minimum atomic E-state index is 0.615. The first-order valence-corrected chi connectivity index (χ1v) is 6.99. The Morgan fingerprint density at radius 3 is 2.43 bits per heavy atom. The number of rotatable bonds is 2. The van der Waals surface area contributed by atoms with Gasteiger partial charge in [0.15, 0.2) is 0 Å². The van der Waals surface area contributed by atoms with Crippen LogP contribution in [0.1, 0.15) is 16.8 Å². The van der Waals surface area contributed by atoms with Crippen LogP contribution in [0.3, 0.4) is 0 Å². The average Bonchev–Trinajstić information content (AvgIpc) is 2.50. The standard InChI is InChI=1S/C18H18N2O/c1-11-9-17(19-13(3)12(11)2)15-10-14-7-5-6-8-16(14)20-18(15)21-4/h5-10H,1-4H3. The molecule has 0 bridgehead atoms. The first-order valence-electron chi connectivity index (χ1n) is 6.99. The van der Waals surface area contributed by atoms with Gasteiger partial charge in [0.2, 0.25) is 5.88 Å². The van der Waals surface area contributed by atoms with Gasteiger partial charge in [0.1, 0.15) is 0 Å². The highest BCUT2D eigenvalue weighted by Gasteiger charge is 2.12. The zero-order valence-corrected chi connectivity index (χ0v) is 12.8. The molecule has 0 atom stereocenters. The predicted molar refractivity (Wildman–Crippen MR) is 85.7 cm³/mol. The Morgan fingerprint density at radius 2 is 1.71 bits per heavy atom. The molecule has 3 nitrogen and oxygen atoms in total. The summed E-state index contributed by atoms with van der Waals surface area (Å²) < 4.78 is 5.47. The minimum Gasteiger partial charge on any atom is -0.480 e. The van der Waals surface area contributed by atoms with Crippen molar-refractivity contribution >= 4 is 10.9 Å². The van der Waals surface area contributed by atoms with Crippen molar-refractivity contribution in [2.45, 2.75) is 20.8 Å². The van der Waals surface area contributed by atoms with Crippen molar-refractivity contribution in [2.24, 2.45) is 0 Å². The zero-order chi connectivity index (χ0) is 15.0. The van der Waals surface area contributed by atoms with Crippen molar-refractivity contribution < 1.29 is 4.74 Å². The van der Waals surface area contributed by atoms with E-state index in [9.17, 15) is 0 Å². The molecule has 0 radical (unpaired) electrons. The molecule has 0 aliphatic carbocycles. The molecule has 3 aromatic rings. The van der Waals surface area contributed by atoms with Crippen LogP contribution in [0.25, 0.3) is 22.2 Å². The molecule has 2 aromatic heterocycles. The number of fused-ring (bicyclic) bond motifs is 1. The summed E-state index contributed by atoms with van der Waals surface area (Å²) in [5.41, 5.74) is 6.27. The number of pyridine rings is 2. The van der Waals surface area contributed by atoms with E-state index in [0.717, 1.165) is 27.9 Å². The molecule has 0 fully saturated rings. The van der Waals surface area contributed by atoms with E-state index in [4.69, 9.17) is 9.72 Å². The lowest BCUT2D eigenvalue weighted by molar-refractivity contribution is 0.401. The summed E-state index contributed by atoms with van der Waals surface area (Å²) in [4.78, 5) is 9.29. The SMILES string of the molecule is COc1nc2ccccc2cc1-c1cc(C)c(C)c(C)n1. The summed E-state index contributed by atoms with van der Waals surface area (Å²) in [6.07, 6.45) is 0. The van der Waals surface area contributed by atoms with Crippen molar-refractivity contribution in [1.82, 2.24) is 9.97 Å². The summed E-state index contributed by atoms with van der Waals surface area (Å²) in [6.45, 7) is 6.23. The topological polar surface area (TPSA) is 35.0 Å². The Bertz CT molecular complexity index is 802. The normalized spacial score (nSPS) is 10.9. The van der Waals surface area contributed by atoms with Gasteiger partial charge in [-0.3, -0.25) is 4.98 Å². The second-order valence-corrected chi connectivity index (χ2v) is 5.27. The number of para-hydroxylation sites is 1. The molecular formula is C18H18N2O. The maximum atomic E-state index is 5.47. The number of hydrogen-bond donors (Lipinski definition) is 0. The minimum absolute atomic E-state index is 0.615. The molecule has 0 aliphatic rings. The van der Waals surface area contributed by atoms with E-state index in [1.54, 1.807) is 7.11 Å². The maximum Gasteiger partial charge on any atom is 0.223 e. The summed E-state index contributed by atoms with van der Waals surface area (Å²) in [7, 11) is 1.65. The lowest BCUT2D eigenvalue weighted by Gasteiger charge is -2.12. The van der Waals surface area contributed by atoms with Crippen LogP contribution in [0.2, 0.25) is 0 Å². The third-order valence-corrected chi connectivity index (χ3v) is 3.93. The van der Waals surface area contributed by atoms with Crippen LogP contribution < -0.4 is 4.74 Å². The van der Waals surface area contributed by atoms with Crippen molar-refractivity contribution in [3.63, 3.8) is 0 Å². The Kier molecular flexibility index (Phi) is 3.34. The Morgan fingerprint density at radius 1 is 0.952 bits per heavy atom. The zero-order valence-electron chi connectivity index (χ0n) is 12.8. The fourth-order valence-electron chi connectivity index (χ4n) is 2.47.